The van der Waals surface area contributed by atoms with Gasteiger partial charge in [-0.2, -0.15) is 11.3 Å². The van der Waals surface area contributed by atoms with Gasteiger partial charge in [0.1, 0.15) is 0 Å². The topological polar surface area (TPSA) is 60.9 Å². The molecule has 19 heavy (non-hydrogen) atoms. The predicted molar refractivity (Wildman–Crippen MR) is 75.1 cm³/mol. The number of likely N-dealkylation sites (N-methyl/N-ethyl adjacent to an activating group) is 1. The molecule has 1 aromatic heterocycles. The second kappa shape index (κ2) is 7.70. The van der Waals surface area contributed by atoms with Crippen molar-refractivity contribution in [3.8, 4) is 0 Å². The van der Waals surface area contributed by atoms with Gasteiger partial charge in [-0.15, -0.1) is 6.58 Å². The molecule has 0 fully saturated rings. The van der Waals surface area contributed by atoms with Crippen molar-refractivity contribution >= 4 is 23.2 Å². The van der Waals surface area contributed by atoms with E-state index >= 15 is 0 Å². The van der Waals surface area contributed by atoms with Crippen LogP contribution in [0.4, 0.5) is 0 Å². The van der Waals surface area contributed by atoms with E-state index in [2.05, 4.69) is 6.58 Å². The first-order valence-corrected chi connectivity index (χ1v) is 6.77. The van der Waals surface area contributed by atoms with Crippen LogP contribution in [0.5, 0.6) is 0 Å². The van der Waals surface area contributed by atoms with Crippen molar-refractivity contribution in [2.75, 3.05) is 26.7 Å². The summed E-state index contributed by atoms with van der Waals surface area (Å²) in [5.41, 5.74) is 1.08. The molecule has 1 amide bonds. The third kappa shape index (κ3) is 5.67. The van der Waals surface area contributed by atoms with Gasteiger partial charge in [-0.1, -0.05) is 6.08 Å². The van der Waals surface area contributed by atoms with Gasteiger partial charge >= 0.3 is 5.97 Å². The normalized spacial score (nSPS) is 10.4. The lowest BCUT2D eigenvalue weighted by atomic mass is 10.3. The van der Waals surface area contributed by atoms with E-state index in [1.165, 1.54) is 0 Å². The molecule has 0 saturated heterocycles. The summed E-state index contributed by atoms with van der Waals surface area (Å²) >= 11 is 1.58. The summed E-state index contributed by atoms with van der Waals surface area (Å²) in [6.07, 6.45) is 1.59. The van der Waals surface area contributed by atoms with E-state index in [0.29, 0.717) is 13.1 Å². The van der Waals surface area contributed by atoms with Crippen molar-refractivity contribution in [1.82, 2.24) is 9.80 Å². The third-order valence-corrected chi connectivity index (χ3v) is 3.26. The van der Waals surface area contributed by atoms with Crippen LogP contribution in [0, 0.1) is 0 Å². The zero-order valence-corrected chi connectivity index (χ0v) is 11.7. The number of hydrogen-bond donors (Lipinski definition) is 1. The zero-order chi connectivity index (χ0) is 14.3. The quantitative estimate of drug-likeness (QED) is 0.730. The first kappa shape index (κ1) is 15.4. The predicted octanol–water partition coefficient (Wildman–Crippen LogP) is 1.28. The lowest BCUT2D eigenvalue weighted by molar-refractivity contribution is -0.139. The molecule has 1 N–H and O–H groups in total. The van der Waals surface area contributed by atoms with E-state index in [1.807, 2.05) is 16.8 Å². The highest BCUT2D eigenvalue weighted by atomic mass is 32.1. The minimum atomic E-state index is -0.949. The Morgan fingerprint density at radius 2 is 2.21 bits per heavy atom. The summed E-state index contributed by atoms with van der Waals surface area (Å²) in [5.74, 6) is -1.05. The first-order chi connectivity index (χ1) is 9.02. The Hall–Kier alpha value is -1.66. The van der Waals surface area contributed by atoms with Crippen LogP contribution in [-0.2, 0) is 16.1 Å². The molecule has 1 rings (SSSR count). The number of carboxylic acids is 1. The van der Waals surface area contributed by atoms with Crippen molar-refractivity contribution in [3.05, 3.63) is 35.0 Å². The molecular weight excluding hydrogens is 264 g/mol. The molecule has 104 valence electrons. The van der Waals surface area contributed by atoms with Crippen LogP contribution in [0.25, 0.3) is 0 Å². The van der Waals surface area contributed by atoms with Gasteiger partial charge in [-0.05, 0) is 22.4 Å². The molecule has 1 heterocycles. The maximum atomic E-state index is 12.0. The van der Waals surface area contributed by atoms with Crippen molar-refractivity contribution in [2.45, 2.75) is 6.54 Å². The van der Waals surface area contributed by atoms with Crippen LogP contribution >= 0.6 is 11.3 Å². The Balaban J connectivity index is 2.50. The minimum Gasteiger partial charge on any atom is -0.480 e. The number of hydrogen-bond acceptors (Lipinski definition) is 4. The third-order valence-electron chi connectivity index (χ3n) is 2.53. The molecule has 1 aromatic rings. The number of carbonyl (C=O) groups excluding carboxylic acids is 1. The summed E-state index contributed by atoms with van der Waals surface area (Å²) in [4.78, 5) is 25.8. The van der Waals surface area contributed by atoms with Crippen molar-refractivity contribution in [1.29, 1.82) is 0 Å². The number of carbonyl (C=O) groups is 2. The molecule has 6 heteroatoms. The lowest BCUT2D eigenvalue weighted by Crippen LogP contribution is -2.40. The second-order valence-corrected chi connectivity index (χ2v) is 5.01. The largest absolute Gasteiger partial charge is 0.480 e. The molecule has 0 unspecified atom stereocenters. The van der Waals surface area contributed by atoms with Gasteiger partial charge in [0.25, 0.3) is 0 Å². The maximum absolute atomic E-state index is 12.0. The number of thiophene rings is 1. The highest BCUT2D eigenvalue weighted by Gasteiger charge is 2.16. The van der Waals surface area contributed by atoms with E-state index < -0.39 is 5.97 Å². The van der Waals surface area contributed by atoms with Crippen LogP contribution in [0.3, 0.4) is 0 Å². The zero-order valence-electron chi connectivity index (χ0n) is 10.9. The maximum Gasteiger partial charge on any atom is 0.317 e. The molecule has 0 saturated carbocycles. The standard InChI is InChI=1S/C13H18N2O3S/c1-3-5-15(9-13(17)18)8-12(16)14(2)7-11-4-6-19-10-11/h3-4,6,10H,1,5,7-9H2,2H3,(H,17,18). The number of aliphatic carboxylic acids is 1. The second-order valence-electron chi connectivity index (χ2n) is 4.23. The van der Waals surface area contributed by atoms with E-state index in [0.717, 1.165) is 5.56 Å². The van der Waals surface area contributed by atoms with Crippen molar-refractivity contribution in [3.63, 3.8) is 0 Å². The summed E-state index contributed by atoms with van der Waals surface area (Å²) in [6, 6.07) is 1.97. The van der Waals surface area contributed by atoms with E-state index in [4.69, 9.17) is 5.11 Å². The molecule has 5 nitrogen and oxygen atoms in total. The summed E-state index contributed by atoms with van der Waals surface area (Å²) < 4.78 is 0. The minimum absolute atomic E-state index is 0.0823. The van der Waals surface area contributed by atoms with Crippen molar-refractivity contribution in [2.24, 2.45) is 0 Å². The molecule has 0 spiro atoms. The lowest BCUT2D eigenvalue weighted by Gasteiger charge is -2.22. The van der Waals surface area contributed by atoms with Crippen molar-refractivity contribution < 1.29 is 14.7 Å². The SMILES string of the molecule is C=CCN(CC(=O)O)CC(=O)N(C)Cc1ccsc1. The van der Waals surface area contributed by atoms with Crippen LogP contribution in [-0.4, -0.2) is 53.5 Å². The smallest absolute Gasteiger partial charge is 0.317 e. The average molecular weight is 282 g/mol. The molecule has 0 radical (unpaired) electrons. The monoisotopic (exact) mass is 282 g/mol. The Morgan fingerprint density at radius 1 is 1.47 bits per heavy atom. The van der Waals surface area contributed by atoms with Gasteiger partial charge < -0.3 is 10.0 Å². The molecule has 0 aliphatic carbocycles. The number of rotatable bonds is 8. The number of carboxylic acid groups (broad SMARTS) is 1. The molecular formula is C13H18N2O3S. The average Bonchev–Trinajstić information content (AvgIpc) is 2.81. The van der Waals surface area contributed by atoms with E-state index in [1.54, 1.807) is 34.3 Å². The molecule has 0 bridgehead atoms. The van der Waals surface area contributed by atoms with Crippen LogP contribution in [0.1, 0.15) is 5.56 Å². The fourth-order valence-electron chi connectivity index (χ4n) is 1.62. The highest BCUT2D eigenvalue weighted by molar-refractivity contribution is 7.07. The van der Waals surface area contributed by atoms with Crippen LogP contribution in [0.15, 0.2) is 29.5 Å². The first-order valence-electron chi connectivity index (χ1n) is 5.83. The van der Waals surface area contributed by atoms with Gasteiger partial charge in [-0.3, -0.25) is 14.5 Å². The van der Waals surface area contributed by atoms with Crippen LogP contribution < -0.4 is 0 Å². The van der Waals surface area contributed by atoms with Crippen LogP contribution in [0.2, 0.25) is 0 Å². The number of nitrogens with zero attached hydrogens (tertiary/aromatic N) is 2. The fraction of sp³-hybridized carbons (Fsp3) is 0.385. The Morgan fingerprint density at radius 3 is 2.74 bits per heavy atom. The fourth-order valence-corrected chi connectivity index (χ4v) is 2.28. The van der Waals surface area contributed by atoms with Gasteiger partial charge in [0.15, 0.2) is 0 Å². The van der Waals surface area contributed by atoms with Gasteiger partial charge in [0, 0.05) is 20.1 Å². The summed E-state index contributed by atoms with van der Waals surface area (Å²) in [5, 5.41) is 12.7. The molecule has 0 aromatic carbocycles. The van der Waals surface area contributed by atoms with Gasteiger partial charge in [-0.25, -0.2) is 0 Å². The highest BCUT2D eigenvalue weighted by Crippen LogP contribution is 2.08. The number of amides is 1. The Labute approximate surface area is 116 Å². The molecule has 0 atom stereocenters. The molecule has 0 aliphatic rings. The van der Waals surface area contributed by atoms with Gasteiger partial charge in [0.05, 0.1) is 13.1 Å². The van der Waals surface area contributed by atoms with E-state index in [-0.39, 0.29) is 19.0 Å². The summed E-state index contributed by atoms with van der Waals surface area (Å²) in [6.45, 7) is 4.40. The Kier molecular flexibility index (Phi) is 6.24. The summed E-state index contributed by atoms with van der Waals surface area (Å²) in [7, 11) is 1.72. The van der Waals surface area contributed by atoms with Gasteiger partial charge in [0.2, 0.25) is 5.91 Å². The molecule has 0 aliphatic heterocycles. The Bertz CT molecular complexity index is 431. The van der Waals surface area contributed by atoms with E-state index in [9.17, 15) is 9.59 Å².